The number of carbonyl (C=O) groups is 9. The van der Waals surface area contributed by atoms with Crippen LogP contribution in [0.5, 0.6) is 5.75 Å². The highest BCUT2D eigenvalue weighted by Crippen LogP contribution is 2.14. The Balaban J connectivity index is 1.90. The maximum absolute atomic E-state index is 14.3. The second-order valence-electron chi connectivity index (χ2n) is 16.0. The summed E-state index contributed by atoms with van der Waals surface area (Å²) in [5.74, 6) is -9.30. The van der Waals surface area contributed by atoms with Gasteiger partial charge in [-0.25, -0.2) is 4.79 Å². The lowest BCUT2D eigenvalue weighted by Crippen LogP contribution is -2.60. The fourth-order valence-electron chi connectivity index (χ4n) is 6.75. The molecule has 0 bridgehead atoms. The van der Waals surface area contributed by atoms with E-state index in [1.807, 2.05) is 0 Å². The fraction of sp³-hybridized carbons (Fsp3) is 0.391. The lowest BCUT2D eigenvalue weighted by molar-refractivity contribution is -0.145. The van der Waals surface area contributed by atoms with Crippen LogP contribution in [0.1, 0.15) is 49.3 Å². The van der Waals surface area contributed by atoms with Gasteiger partial charge in [-0.1, -0.05) is 72.8 Å². The number of aromatic hydroxyl groups is 1. The van der Waals surface area contributed by atoms with Gasteiger partial charge in [0.2, 0.25) is 41.4 Å². The van der Waals surface area contributed by atoms with E-state index in [0.29, 0.717) is 16.7 Å². The molecular weight excluding hydrogens is 915 g/mol. The number of nitrogens with one attached hydrogen (secondary N) is 7. The zero-order chi connectivity index (χ0) is 51.8. The molecule has 70 heavy (non-hydrogen) atoms. The molecule has 0 aliphatic heterocycles. The minimum absolute atomic E-state index is 0.0365. The lowest BCUT2D eigenvalue weighted by Gasteiger charge is -2.27. The van der Waals surface area contributed by atoms with Crippen LogP contribution in [0.15, 0.2) is 89.9 Å². The number of amides is 7. The van der Waals surface area contributed by atoms with Crippen molar-refractivity contribution >= 4 is 59.2 Å². The Kier molecular flexibility index (Phi) is 23.2. The molecule has 0 unspecified atom stereocenters. The van der Waals surface area contributed by atoms with Crippen molar-refractivity contribution in [1.82, 2.24) is 37.2 Å². The van der Waals surface area contributed by atoms with E-state index in [0.717, 1.165) is 6.92 Å². The number of aliphatic carboxylic acids is 2. The zero-order valence-electron chi connectivity index (χ0n) is 38.3. The first-order chi connectivity index (χ1) is 33.3. The number of hydrogen-bond acceptors (Lipinski definition) is 13. The van der Waals surface area contributed by atoms with Gasteiger partial charge >= 0.3 is 11.9 Å². The molecule has 0 aliphatic carbocycles. The van der Waals surface area contributed by atoms with Gasteiger partial charge in [0, 0.05) is 32.2 Å². The number of benzene rings is 3. The summed E-state index contributed by atoms with van der Waals surface area (Å²) in [6, 6.07) is 13.8. The van der Waals surface area contributed by atoms with Crippen molar-refractivity contribution in [3.63, 3.8) is 0 Å². The number of aliphatic imine (C=N–C) groups is 1. The average Bonchev–Trinajstić information content (AvgIpc) is 3.32. The summed E-state index contributed by atoms with van der Waals surface area (Å²) in [5, 5.41) is 56.0. The lowest BCUT2D eigenvalue weighted by atomic mass is 10.0. The number of phenolic OH excluding ortho intramolecular Hbond substituents is 1. The van der Waals surface area contributed by atoms with Crippen molar-refractivity contribution in [1.29, 1.82) is 0 Å². The Labute approximate surface area is 402 Å². The molecular formula is C46H61N11O13. The molecule has 7 atom stereocenters. The normalized spacial score (nSPS) is 13.8. The summed E-state index contributed by atoms with van der Waals surface area (Å²) in [4.78, 5) is 122. The van der Waals surface area contributed by atoms with Gasteiger partial charge in [0.15, 0.2) is 12.0 Å². The van der Waals surface area contributed by atoms with E-state index in [-0.39, 0.29) is 56.8 Å². The van der Waals surface area contributed by atoms with Crippen LogP contribution in [-0.2, 0) is 62.4 Å². The standard InChI is InChI=1S/C46H61N11O13/c1-26(58)39(45(69)70)57-44(68)35(23-29-14-16-30(59)17-15-29)56-43(67)34(22-28-11-6-3-7-12-28)55-42(66)33(21-27-9-4-2-5-10-27)53-37(61)25-51-40(64)31(13-8-20-50-46(48)49)54-41(65)32(18-19-38(62)63)52-36(60)24-47/h2-7,9-12,14-17,26,31-35,39,58-59H,8,13,18-25,47H2,1H3,(H,51,64)(H,52,60)(H,53,61)(H,54,65)(H,55,66)(H,56,67)(H,57,68)(H,62,63)(H,69,70)(H4,48,49,50)/t26-,31+,32+,33+,34+,35+,39+/m1/s1. The molecule has 0 saturated heterocycles. The third-order valence-corrected chi connectivity index (χ3v) is 10.4. The molecule has 3 rings (SSSR count). The molecule has 378 valence electrons. The Bertz CT molecular complexity index is 2280. The minimum atomic E-state index is -1.75. The summed E-state index contributed by atoms with van der Waals surface area (Å²) in [6.45, 7) is -0.0586. The van der Waals surface area contributed by atoms with Crippen molar-refractivity contribution in [2.45, 2.75) is 94.2 Å². The van der Waals surface area contributed by atoms with E-state index in [1.165, 1.54) is 24.3 Å². The largest absolute Gasteiger partial charge is 0.508 e. The minimum Gasteiger partial charge on any atom is -0.508 e. The van der Waals surface area contributed by atoms with E-state index in [2.05, 4.69) is 42.2 Å². The average molecular weight is 976 g/mol. The van der Waals surface area contributed by atoms with Crippen molar-refractivity contribution < 1.29 is 63.6 Å². The van der Waals surface area contributed by atoms with Gasteiger partial charge < -0.3 is 74.8 Å². The van der Waals surface area contributed by atoms with Crippen molar-refractivity contribution in [3.8, 4) is 5.75 Å². The topological polar surface area (TPSA) is 409 Å². The third-order valence-electron chi connectivity index (χ3n) is 10.4. The SMILES string of the molecule is C[C@@H](O)[C@H](NC(=O)[C@H](Cc1ccc(O)cc1)NC(=O)[C@H](Cc1ccccc1)NC(=O)[C@H](Cc1ccccc1)NC(=O)CNC(=O)[C@H](CCCN=C(N)N)NC(=O)[C@H](CCC(=O)O)NC(=O)CN)C(=O)O. The highest BCUT2D eigenvalue weighted by molar-refractivity contribution is 5.97. The smallest absolute Gasteiger partial charge is 0.328 e. The monoisotopic (exact) mass is 975 g/mol. The van der Waals surface area contributed by atoms with E-state index >= 15 is 0 Å². The quantitative estimate of drug-likeness (QED) is 0.0185. The first kappa shape index (κ1) is 56.2. The molecule has 17 N–H and O–H groups in total. The second-order valence-corrected chi connectivity index (χ2v) is 16.0. The van der Waals surface area contributed by atoms with Gasteiger partial charge in [0.25, 0.3) is 0 Å². The Morgan fingerprint density at radius 1 is 0.571 bits per heavy atom. The van der Waals surface area contributed by atoms with Gasteiger partial charge in [0.05, 0.1) is 19.2 Å². The molecule has 0 aliphatic rings. The molecule has 0 radical (unpaired) electrons. The van der Waals surface area contributed by atoms with Crippen LogP contribution in [0.3, 0.4) is 0 Å². The number of carboxylic acids is 2. The molecule has 7 amide bonds. The summed E-state index contributed by atoms with van der Waals surface area (Å²) in [6.07, 6.45) is -2.81. The van der Waals surface area contributed by atoms with Crippen molar-refractivity contribution in [2.24, 2.45) is 22.2 Å². The van der Waals surface area contributed by atoms with Gasteiger partial charge in [-0.05, 0) is 55.0 Å². The van der Waals surface area contributed by atoms with Crippen LogP contribution in [0, 0.1) is 0 Å². The zero-order valence-corrected chi connectivity index (χ0v) is 38.3. The van der Waals surface area contributed by atoms with E-state index in [1.54, 1.807) is 60.7 Å². The van der Waals surface area contributed by atoms with Crippen LogP contribution in [0.4, 0.5) is 0 Å². The first-order valence-corrected chi connectivity index (χ1v) is 22.1. The molecule has 3 aromatic carbocycles. The second kappa shape index (κ2) is 28.9. The van der Waals surface area contributed by atoms with E-state index in [4.69, 9.17) is 17.2 Å². The number of carboxylic acid groups (broad SMARTS) is 2. The number of phenols is 1. The van der Waals surface area contributed by atoms with E-state index < -0.39 is 115 Å². The predicted molar refractivity (Wildman–Crippen MR) is 252 cm³/mol. The molecule has 24 nitrogen and oxygen atoms in total. The van der Waals surface area contributed by atoms with Crippen LogP contribution < -0.4 is 54.4 Å². The Morgan fingerprint density at radius 2 is 1.01 bits per heavy atom. The number of hydrogen-bond donors (Lipinski definition) is 14. The third kappa shape index (κ3) is 20.4. The van der Waals surface area contributed by atoms with Crippen LogP contribution >= 0.6 is 0 Å². The van der Waals surface area contributed by atoms with Crippen molar-refractivity contribution in [3.05, 3.63) is 102 Å². The van der Waals surface area contributed by atoms with Gasteiger partial charge in [0.1, 0.15) is 36.0 Å². The van der Waals surface area contributed by atoms with Gasteiger partial charge in [-0.3, -0.25) is 43.3 Å². The number of aliphatic hydroxyl groups is 1. The molecule has 0 spiro atoms. The predicted octanol–water partition coefficient (Wildman–Crippen LogP) is -3.21. The number of guanidine groups is 1. The van der Waals surface area contributed by atoms with Crippen LogP contribution in [0.25, 0.3) is 0 Å². The fourth-order valence-corrected chi connectivity index (χ4v) is 6.75. The molecule has 0 saturated carbocycles. The number of rotatable bonds is 29. The number of carbonyl (C=O) groups excluding carboxylic acids is 7. The van der Waals surface area contributed by atoms with Gasteiger partial charge in [-0.15, -0.1) is 0 Å². The first-order valence-electron chi connectivity index (χ1n) is 22.1. The Hall–Kier alpha value is -8.12. The maximum atomic E-state index is 14.3. The van der Waals surface area contributed by atoms with Crippen molar-refractivity contribution in [2.75, 3.05) is 19.6 Å². The number of aliphatic hydroxyl groups excluding tert-OH is 1. The summed E-state index contributed by atoms with van der Waals surface area (Å²) in [5.41, 5.74) is 17.8. The summed E-state index contributed by atoms with van der Waals surface area (Å²) < 4.78 is 0. The maximum Gasteiger partial charge on any atom is 0.328 e. The summed E-state index contributed by atoms with van der Waals surface area (Å²) in [7, 11) is 0. The molecule has 0 heterocycles. The molecule has 24 heteroatoms. The highest BCUT2D eigenvalue weighted by atomic mass is 16.4. The highest BCUT2D eigenvalue weighted by Gasteiger charge is 2.34. The number of nitrogens with two attached hydrogens (primary N) is 3. The summed E-state index contributed by atoms with van der Waals surface area (Å²) >= 11 is 0. The van der Waals surface area contributed by atoms with Crippen LogP contribution in [0.2, 0.25) is 0 Å². The molecule has 3 aromatic rings. The van der Waals surface area contributed by atoms with Crippen LogP contribution in [-0.4, -0.2) is 142 Å². The molecule has 0 aromatic heterocycles. The van der Waals surface area contributed by atoms with Gasteiger partial charge in [-0.2, -0.15) is 0 Å². The molecule has 0 fully saturated rings. The van der Waals surface area contributed by atoms with E-state index in [9.17, 15) is 63.6 Å². The Morgan fingerprint density at radius 3 is 1.49 bits per heavy atom. The number of nitrogens with zero attached hydrogens (tertiary/aromatic N) is 1.